The van der Waals surface area contributed by atoms with Crippen LogP contribution in [0.4, 0.5) is 0 Å². The van der Waals surface area contributed by atoms with Crippen molar-refractivity contribution in [3.63, 3.8) is 0 Å². The van der Waals surface area contributed by atoms with Gasteiger partial charge in [-0.15, -0.1) is 0 Å². The van der Waals surface area contributed by atoms with Crippen LogP contribution in [0.5, 0.6) is 0 Å². The number of hydrogen-bond donors (Lipinski definition) is 2. The largest absolute Gasteiger partial charge is 0.480 e. The smallest absolute Gasteiger partial charge is 0.323 e. The van der Waals surface area contributed by atoms with Crippen LogP contribution in [-0.2, 0) is 9.53 Å². The quantitative estimate of drug-likeness (QED) is 0.706. The van der Waals surface area contributed by atoms with Crippen LogP contribution in [0.25, 0.3) is 0 Å². The second-order valence-electron chi connectivity index (χ2n) is 4.96. The first-order valence-corrected chi connectivity index (χ1v) is 6.16. The highest BCUT2D eigenvalue weighted by atomic mass is 16.5. The number of nitrogens with two attached hydrogens (primary N) is 1. The van der Waals surface area contributed by atoms with E-state index in [4.69, 9.17) is 15.6 Å². The van der Waals surface area contributed by atoms with Crippen LogP contribution in [0, 0.1) is 0 Å². The lowest BCUT2D eigenvalue weighted by atomic mass is 10.0. The number of aliphatic carboxylic acids is 1. The molecule has 1 saturated carbocycles. The SMILES string of the molecule is CC(N)(CCOC1CCCCCC1)C(=O)O. The Kier molecular flexibility index (Phi) is 5.22. The highest BCUT2D eigenvalue weighted by molar-refractivity contribution is 5.77. The third-order valence-corrected chi connectivity index (χ3v) is 3.27. The number of rotatable bonds is 5. The highest BCUT2D eigenvalue weighted by Crippen LogP contribution is 2.20. The summed E-state index contributed by atoms with van der Waals surface area (Å²) >= 11 is 0. The maximum atomic E-state index is 10.8. The average molecular weight is 229 g/mol. The standard InChI is InChI=1S/C12H23NO3/c1-12(13,11(14)15)8-9-16-10-6-4-2-3-5-7-10/h10H,2-9,13H2,1H3,(H,14,15). The molecule has 1 aliphatic rings. The van der Waals surface area contributed by atoms with Crippen molar-refractivity contribution >= 4 is 5.97 Å². The van der Waals surface area contributed by atoms with Crippen LogP contribution < -0.4 is 5.73 Å². The molecular formula is C12H23NO3. The Morgan fingerprint density at radius 2 is 1.94 bits per heavy atom. The minimum Gasteiger partial charge on any atom is -0.480 e. The van der Waals surface area contributed by atoms with Gasteiger partial charge < -0.3 is 15.6 Å². The molecule has 1 rings (SSSR count). The Labute approximate surface area is 97.2 Å². The van der Waals surface area contributed by atoms with Gasteiger partial charge in [0, 0.05) is 6.61 Å². The van der Waals surface area contributed by atoms with Gasteiger partial charge in [-0.2, -0.15) is 0 Å². The summed E-state index contributed by atoms with van der Waals surface area (Å²) in [4.78, 5) is 10.8. The Balaban J connectivity index is 2.21. The van der Waals surface area contributed by atoms with Gasteiger partial charge in [0.25, 0.3) is 0 Å². The fourth-order valence-corrected chi connectivity index (χ4v) is 1.95. The van der Waals surface area contributed by atoms with Crippen molar-refractivity contribution in [1.29, 1.82) is 0 Å². The van der Waals surface area contributed by atoms with Crippen molar-refractivity contribution in [2.24, 2.45) is 5.73 Å². The fraction of sp³-hybridized carbons (Fsp3) is 0.917. The Morgan fingerprint density at radius 3 is 2.44 bits per heavy atom. The lowest BCUT2D eigenvalue weighted by molar-refractivity contribution is -0.143. The van der Waals surface area contributed by atoms with Crippen LogP contribution in [-0.4, -0.2) is 29.3 Å². The first-order valence-electron chi connectivity index (χ1n) is 6.16. The van der Waals surface area contributed by atoms with Crippen LogP contribution in [0.3, 0.4) is 0 Å². The molecule has 0 amide bonds. The van der Waals surface area contributed by atoms with Crippen molar-refractivity contribution in [3.05, 3.63) is 0 Å². The van der Waals surface area contributed by atoms with Crippen molar-refractivity contribution in [3.8, 4) is 0 Å². The summed E-state index contributed by atoms with van der Waals surface area (Å²) in [5.74, 6) is -0.961. The predicted molar refractivity (Wildman–Crippen MR) is 62.3 cm³/mol. The molecule has 0 aromatic heterocycles. The summed E-state index contributed by atoms with van der Waals surface area (Å²) in [6, 6.07) is 0. The van der Waals surface area contributed by atoms with Crippen molar-refractivity contribution in [2.75, 3.05) is 6.61 Å². The van der Waals surface area contributed by atoms with Gasteiger partial charge in [-0.3, -0.25) is 4.79 Å². The number of ether oxygens (including phenoxy) is 1. The van der Waals surface area contributed by atoms with E-state index in [1.165, 1.54) is 32.6 Å². The topological polar surface area (TPSA) is 72.5 Å². The third kappa shape index (κ3) is 4.49. The zero-order valence-corrected chi connectivity index (χ0v) is 10.1. The van der Waals surface area contributed by atoms with E-state index < -0.39 is 11.5 Å². The van der Waals surface area contributed by atoms with Gasteiger partial charge in [0.1, 0.15) is 5.54 Å². The molecule has 1 unspecified atom stereocenters. The van der Waals surface area contributed by atoms with Crippen LogP contribution in [0.2, 0.25) is 0 Å². The molecule has 1 atom stereocenters. The molecular weight excluding hydrogens is 206 g/mol. The normalized spacial score (nSPS) is 22.4. The van der Waals surface area contributed by atoms with E-state index in [9.17, 15) is 4.79 Å². The van der Waals surface area contributed by atoms with Gasteiger partial charge in [0.15, 0.2) is 0 Å². The minimum atomic E-state index is -1.16. The molecule has 16 heavy (non-hydrogen) atoms. The Bertz CT molecular complexity index is 220. The third-order valence-electron chi connectivity index (χ3n) is 3.27. The molecule has 4 nitrogen and oxygen atoms in total. The predicted octanol–water partition coefficient (Wildman–Crippen LogP) is 1.92. The molecule has 0 heterocycles. The molecule has 0 saturated heterocycles. The second-order valence-corrected chi connectivity index (χ2v) is 4.96. The van der Waals surface area contributed by atoms with Crippen LogP contribution in [0.15, 0.2) is 0 Å². The van der Waals surface area contributed by atoms with Gasteiger partial charge in [0.05, 0.1) is 6.10 Å². The number of carboxylic acids is 1. The average Bonchev–Trinajstić information content (AvgIpc) is 2.46. The number of carbonyl (C=O) groups is 1. The monoisotopic (exact) mass is 229 g/mol. The molecule has 0 radical (unpaired) electrons. The van der Waals surface area contributed by atoms with Gasteiger partial charge in [-0.05, 0) is 26.2 Å². The zero-order chi connectivity index (χ0) is 12.0. The highest BCUT2D eigenvalue weighted by Gasteiger charge is 2.27. The summed E-state index contributed by atoms with van der Waals surface area (Å²) in [7, 11) is 0. The Morgan fingerprint density at radius 1 is 1.38 bits per heavy atom. The lowest BCUT2D eigenvalue weighted by Crippen LogP contribution is -2.45. The molecule has 0 bridgehead atoms. The maximum absolute atomic E-state index is 10.8. The Hall–Kier alpha value is -0.610. The lowest BCUT2D eigenvalue weighted by Gasteiger charge is -2.21. The molecule has 0 aromatic rings. The van der Waals surface area contributed by atoms with E-state index in [1.54, 1.807) is 0 Å². The second kappa shape index (κ2) is 6.21. The van der Waals surface area contributed by atoms with Crippen LogP contribution in [0.1, 0.15) is 51.9 Å². The summed E-state index contributed by atoms with van der Waals surface area (Å²) in [5.41, 5.74) is 4.46. The summed E-state index contributed by atoms with van der Waals surface area (Å²) in [5, 5.41) is 8.84. The van der Waals surface area contributed by atoms with E-state index in [1.807, 2.05) is 0 Å². The van der Waals surface area contributed by atoms with Crippen LogP contribution >= 0.6 is 0 Å². The van der Waals surface area contributed by atoms with E-state index >= 15 is 0 Å². The van der Waals surface area contributed by atoms with Crippen molar-refractivity contribution in [1.82, 2.24) is 0 Å². The number of carboxylic acid groups (broad SMARTS) is 1. The summed E-state index contributed by atoms with van der Waals surface area (Å²) in [6.45, 7) is 1.98. The molecule has 0 aromatic carbocycles. The molecule has 94 valence electrons. The van der Waals surface area contributed by atoms with Crippen molar-refractivity contribution < 1.29 is 14.6 Å². The first kappa shape index (κ1) is 13.5. The van der Waals surface area contributed by atoms with E-state index in [2.05, 4.69) is 0 Å². The molecule has 0 aliphatic heterocycles. The fourth-order valence-electron chi connectivity index (χ4n) is 1.95. The maximum Gasteiger partial charge on any atom is 0.323 e. The first-order chi connectivity index (χ1) is 7.52. The summed E-state index contributed by atoms with van der Waals surface area (Å²) < 4.78 is 5.71. The molecule has 1 aliphatic carbocycles. The van der Waals surface area contributed by atoms with Gasteiger partial charge in [0.2, 0.25) is 0 Å². The molecule has 0 spiro atoms. The van der Waals surface area contributed by atoms with E-state index in [-0.39, 0.29) is 0 Å². The van der Waals surface area contributed by atoms with Gasteiger partial charge in [-0.1, -0.05) is 25.7 Å². The van der Waals surface area contributed by atoms with Gasteiger partial charge >= 0.3 is 5.97 Å². The van der Waals surface area contributed by atoms with E-state index in [0.717, 1.165) is 12.8 Å². The minimum absolute atomic E-state index is 0.312. The molecule has 3 N–H and O–H groups in total. The number of hydrogen-bond acceptors (Lipinski definition) is 3. The molecule has 1 fully saturated rings. The van der Waals surface area contributed by atoms with Crippen molar-refractivity contribution in [2.45, 2.75) is 63.5 Å². The van der Waals surface area contributed by atoms with Gasteiger partial charge in [-0.25, -0.2) is 0 Å². The zero-order valence-electron chi connectivity index (χ0n) is 10.1. The molecule has 4 heteroatoms. The summed E-state index contributed by atoms with van der Waals surface area (Å²) in [6.07, 6.45) is 7.94. The van der Waals surface area contributed by atoms with E-state index in [0.29, 0.717) is 19.1 Å².